The molecule has 0 radical (unpaired) electrons. The molecule has 1 aromatic carbocycles. The van der Waals surface area contributed by atoms with Crippen LogP contribution in [0.25, 0.3) is 17.1 Å². The highest BCUT2D eigenvalue weighted by Crippen LogP contribution is 2.29. The lowest BCUT2D eigenvalue weighted by atomic mass is 10.2. The Balaban J connectivity index is 1.74. The van der Waals surface area contributed by atoms with Gasteiger partial charge in [-0.3, -0.25) is 0 Å². The van der Waals surface area contributed by atoms with Crippen molar-refractivity contribution in [2.24, 2.45) is 0 Å². The van der Waals surface area contributed by atoms with Gasteiger partial charge in [0.25, 0.3) is 0 Å². The molecule has 10 nitrogen and oxygen atoms in total. The number of carbonyl (C=O) groups is 2. The zero-order chi connectivity index (χ0) is 23.7. The molecule has 0 aliphatic rings. The Morgan fingerprint density at radius 1 is 1.19 bits per heavy atom. The van der Waals surface area contributed by atoms with E-state index in [-0.39, 0.29) is 12.4 Å². The smallest absolute Gasteiger partial charge is 0.465 e. The maximum atomic E-state index is 12.6. The zero-order valence-corrected chi connectivity index (χ0v) is 17.1. The van der Waals surface area contributed by atoms with Crippen molar-refractivity contribution in [3.63, 3.8) is 0 Å². The summed E-state index contributed by atoms with van der Waals surface area (Å²) in [6, 6.07) is 6.06. The normalized spacial score (nSPS) is 11.9. The van der Waals surface area contributed by atoms with Crippen LogP contribution < -0.4 is 0 Å². The number of rotatable bonds is 4. The lowest BCUT2D eigenvalue weighted by Gasteiger charge is -2.24. The molecule has 2 heterocycles. The van der Waals surface area contributed by atoms with Crippen LogP contribution in [0.1, 0.15) is 32.2 Å². The topological polar surface area (TPSA) is 124 Å². The largest absolute Gasteiger partial charge is 0.471 e. The Kier molecular flexibility index (Phi) is 5.92. The van der Waals surface area contributed by atoms with Gasteiger partial charge in [-0.05, 0) is 45.0 Å². The molecule has 0 aliphatic heterocycles. The number of imide groups is 1. The zero-order valence-electron chi connectivity index (χ0n) is 17.1. The summed E-state index contributed by atoms with van der Waals surface area (Å²) in [5.74, 6) is -1.67. The third-order valence-corrected chi connectivity index (χ3v) is 3.88. The van der Waals surface area contributed by atoms with Crippen LogP contribution in [0.2, 0.25) is 0 Å². The predicted molar refractivity (Wildman–Crippen MR) is 102 cm³/mol. The molecule has 0 unspecified atom stereocenters. The maximum absolute atomic E-state index is 12.6. The van der Waals surface area contributed by atoms with E-state index in [1.807, 2.05) is 0 Å². The van der Waals surface area contributed by atoms with Gasteiger partial charge < -0.3 is 14.4 Å². The highest BCUT2D eigenvalue weighted by molar-refractivity contribution is 5.86. The van der Waals surface area contributed by atoms with Gasteiger partial charge in [0.05, 0.1) is 18.4 Å². The number of halogens is 3. The number of carboxylic acid groups (broad SMARTS) is 1. The van der Waals surface area contributed by atoms with E-state index in [0.717, 1.165) is 0 Å². The van der Waals surface area contributed by atoms with Crippen molar-refractivity contribution in [1.82, 2.24) is 24.8 Å². The summed E-state index contributed by atoms with van der Waals surface area (Å²) in [7, 11) is 0. The van der Waals surface area contributed by atoms with Gasteiger partial charge in [-0.25, -0.2) is 19.2 Å². The number of hydrogen-bond donors (Lipinski definition) is 1. The van der Waals surface area contributed by atoms with Gasteiger partial charge in [-0.15, -0.1) is 0 Å². The number of amides is 2. The van der Waals surface area contributed by atoms with E-state index in [1.165, 1.54) is 29.2 Å². The summed E-state index contributed by atoms with van der Waals surface area (Å²) in [6.45, 7) is 4.56. The molecule has 1 N–H and O–H groups in total. The van der Waals surface area contributed by atoms with E-state index in [9.17, 15) is 27.9 Å². The van der Waals surface area contributed by atoms with Crippen molar-refractivity contribution >= 4 is 12.2 Å². The number of alkyl halides is 3. The van der Waals surface area contributed by atoms with Crippen molar-refractivity contribution in [1.29, 1.82) is 0 Å². The Morgan fingerprint density at radius 3 is 2.38 bits per heavy atom. The molecule has 3 aromatic rings. The van der Waals surface area contributed by atoms with Crippen LogP contribution in [-0.4, -0.2) is 47.7 Å². The van der Waals surface area contributed by atoms with Crippen molar-refractivity contribution in [3.8, 4) is 17.1 Å². The Morgan fingerprint density at radius 2 is 1.84 bits per heavy atom. The number of carbonyl (C=O) groups excluding carboxylic acids is 1. The van der Waals surface area contributed by atoms with Crippen LogP contribution in [0.15, 0.2) is 41.2 Å². The minimum atomic E-state index is -4.74. The summed E-state index contributed by atoms with van der Waals surface area (Å²) >= 11 is 0. The molecule has 2 aromatic heterocycles. The van der Waals surface area contributed by atoms with Crippen LogP contribution in [0.5, 0.6) is 0 Å². The summed E-state index contributed by atoms with van der Waals surface area (Å²) in [6.07, 6.45) is -4.34. The fraction of sp³-hybridized carbons (Fsp3) is 0.316. The highest BCUT2D eigenvalue weighted by atomic mass is 19.4. The average molecular weight is 453 g/mol. The lowest BCUT2D eigenvalue weighted by molar-refractivity contribution is -0.159. The first-order valence-corrected chi connectivity index (χ1v) is 9.12. The maximum Gasteiger partial charge on any atom is 0.471 e. The van der Waals surface area contributed by atoms with Gasteiger partial charge in [0.15, 0.2) is 0 Å². The van der Waals surface area contributed by atoms with Crippen LogP contribution in [0.3, 0.4) is 0 Å². The van der Waals surface area contributed by atoms with Gasteiger partial charge in [0, 0.05) is 17.3 Å². The monoisotopic (exact) mass is 453 g/mol. The minimum absolute atomic E-state index is 0.223. The second-order valence-corrected chi connectivity index (χ2v) is 7.61. The molecule has 2 amide bonds. The van der Waals surface area contributed by atoms with Gasteiger partial charge in [0.1, 0.15) is 5.60 Å². The van der Waals surface area contributed by atoms with E-state index in [0.29, 0.717) is 21.7 Å². The molecular formula is C19H18F3N5O5. The first kappa shape index (κ1) is 22.8. The number of aromatic nitrogens is 4. The summed E-state index contributed by atoms with van der Waals surface area (Å²) in [5, 5.41) is 16.8. The van der Waals surface area contributed by atoms with E-state index in [1.54, 1.807) is 32.9 Å². The number of benzene rings is 1. The first-order chi connectivity index (χ1) is 14.8. The van der Waals surface area contributed by atoms with Crippen LogP contribution in [0, 0.1) is 0 Å². The molecule has 0 spiro atoms. The van der Waals surface area contributed by atoms with E-state index < -0.39 is 29.9 Å². The number of nitrogens with zero attached hydrogens (tertiary/aromatic N) is 5. The second kappa shape index (κ2) is 8.32. The van der Waals surface area contributed by atoms with E-state index >= 15 is 0 Å². The second-order valence-electron chi connectivity index (χ2n) is 7.61. The standard InChI is InChI=1S/C19H18F3N5O5/c1-18(2,3)31-17(30)26(16(28)29)9-11-8-23-27(10-11)13-6-4-12(5-7-13)14-24-15(32-25-14)19(20,21)22/h4-8,10H,9H2,1-3H3,(H,28,29). The molecule has 13 heteroatoms. The fourth-order valence-electron chi connectivity index (χ4n) is 2.51. The molecule has 0 aliphatic carbocycles. The third kappa shape index (κ3) is 5.42. The van der Waals surface area contributed by atoms with Crippen molar-refractivity contribution in [3.05, 3.63) is 48.1 Å². The summed E-state index contributed by atoms with van der Waals surface area (Å²) in [5.41, 5.74) is 0.368. The summed E-state index contributed by atoms with van der Waals surface area (Å²) in [4.78, 5) is 27.4. The average Bonchev–Trinajstić information content (AvgIpc) is 3.34. The molecule has 0 saturated carbocycles. The molecule has 32 heavy (non-hydrogen) atoms. The lowest BCUT2D eigenvalue weighted by Crippen LogP contribution is -2.39. The SMILES string of the molecule is CC(C)(C)OC(=O)N(Cc1cnn(-c2ccc(-c3noc(C(F)(F)F)n3)cc2)c1)C(=O)O. The molecule has 0 bridgehead atoms. The molecule has 3 rings (SSSR count). The van der Waals surface area contributed by atoms with Gasteiger partial charge in [0.2, 0.25) is 5.82 Å². The molecule has 0 saturated heterocycles. The van der Waals surface area contributed by atoms with Crippen LogP contribution in [0.4, 0.5) is 22.8 Å². The van der Waals surface area contributed by atoms with Crippen molar-refractivity contribution in [2.45, 2.75) is 39.1 Å². The highest BCUT2D eigenvalue weighted by Gasteiger charge is 2.38. The van der Waals surface area contributed by atoms with Gasteiger partial charge in [-0.2, -0.15) is 23.3 Å². The summed E-state index contributed by atoms with van der Waals surface area (Å²) < 4.78 is 48.5. The minimum Gasteiger partial charge on any atom is -0.465 e. The third-order valence-electron chi connectivity index (χ3n) is 3.88. The molecule has 170 valence electrons. The molecule has 0 atom stereocenters. The molecular weight excluding hydrogens is 435 g/mol. The van der Waals surface area contributed by atoms with Crippen molar-refractivity contribution in [2.75, 3.05) is 0 Å². The fourth-order valence-corrected chi connectivity index (χ4v) is 2.51. The van der Waals surface area contributed by atoms with Crippen molar-refractivity contribution < 1.29 is 37.1 Å². The van der Waals surface area contributed by atoms with Gasteiger partial charge in [-0.1, -0.05) is 5.16 Å². The molecule has 0 fully saturated rings. The Labute approximate surface area is 179 Å². The van der Waals surface area contributed by atoms with E-state index in [2.05, 4.69) is 19.8 Å². The number of ether oxygens (including phenoxy) is 1. The van der Waals surface area contributed by atoms with Crippen LogP contribution in [-0.2, 0) is 17.5 Å². The Hall–Kier alpha value is -3.90. The van der Waals surface area contributed by atoms with E-state index in [4.69, 9.17) is 4.74 Å². The quantitative estimate of drug-likeness (QED) is 0.618. The van der Waals surface area contributed by atoms with Gasteiger partial charge >= 0.3 is 24.3 Å². The Bertz CT molecular complexity index is 1120. The number of hydrogen-bond acceptors (Lipinski definition) is 7. The predicted octanol–water partition coefficient (Wildman–Crippen LogP) is 4.36. The van der Waals surface area contributed by atoms with Crippen LogP contribution >= 0.6 is 0 Å². The first-order valence-electron chi connectivity index (χ1n) is 9.12.